The van der Waals surface area contributed by atoms with Crippen LogP contribution in [0.3, 0.4) is 0 Å². The summed E-state index contributed by atoms with van der Waals surface area (Å²) in [7, 11) is 5.96. The van der Waals surface area contributed by atoms with Gasteiger partial charge in [0.25, 0.3) is 6.29 Å². The highest BCUT2D eigenvalue weighted by molar-refractivity contribution is 5.71. The van der Waals surface area contributed by atoms with Crippen LogP contribution >= 0.6 is 0 Å². The number of carbonyl (C=O) groups excluding carboxylic acids is 2. The van der Waals surface area contributed by atoms with Crippen LogP contribution in [0.15, 0.2) is 146 Å². The number of esters is 2. The summed E-state index contributed by atoms with van der Waals surface area (Å²) >= 11 is 0. The van der Waals surface area contributed by atoms with Crippen LogP contribution in [-0.2, 0) is 33.3 Å². The monoisotopic (exact) mass is 1120 g/mol. The van der Waals surface area contributed by atoms with Crippen LogP contribution in [0, 0.1) is 0 Å². The highest BCUT2D eigenvalue weighted by Gasteiger charge is 2.25. The average molecular weight is 1130 g/mol. The molecule has 0 saturated heterocycles. The Morgan fingerprint density at radius 2 is 0.667 bits per heavy atom. The van der Waals surface area contributed by atoms with Gasteiger partial charge in [-0.25, -0.2) is 4.79 Å². The molecule has 0 aromatic heterocycles. The number of quaternary nitrogens is 1. The number of carbonyl (C=O) groups is 3. The van der Waals surface area contributed by atoms with Crippen LogP contribution < -0.4 is 0 Å². The molecule has 81 heavy (non-hydrogen) atoms. The lowest BCUT2D eigenvalue weighted by Gasteiger charge is -2.25. The van der Waals surface area contributed by atoms with E-state index in [0.29, 0.717) is 17.4 Å². The predicted octanol–water partition coefficient (Wildman–Crippen LogP) is 19.6. The van der Waals surface area contributed by atoms with Gasteiger partial charge in [0.2, 0.25) is 0 Å². The molecule has 2 atom stereocenters. The normalized spacial score (nSPS) is 13.7. The summed E-state index contributed by atoms with van der Waals surface area (Å²) in [5.74, 6) is -2.03. The van der Waals surface area contributed by atoms with Crippen LogP contribution in [-0.4, -0.2) is 87.4 Å². The van der Waals surface area contributed by atoms with Crippen LogP contribution in [0.1, 0.15) is 232 Å². The second kappa shape index (κ2) is 61.2. The van der Waals surface area contributed by atoms with Crippen LogP contribution in [0.2, 0.25) is 0 Å². The van der Waals surface area contributed by atoms with E-state index in [1.54, 1.807) is 0 Å². The van der Waals surface area contributed by atoms with Crippen molar-refractivity contribution >= 4 is 17.9 Å². The van der Waals surface area contributed by atoms with Gasteiger partial charge in [-0.1, -0.05) is 250 Å². The minimum Gasteiger partial charge on any atom is -0.477 e. The molecule has 0 amide bonds. The van der Waals surface area contributed by atoms with Gasteiger partial charge in [0, 0.05) is 12.8 Å². The number of hydrogen-bond donors (Lipinski definition) is 1. The van der Waals surface area contributed by atoms with E-state index in [1.165, 1.54) is 64.2 Å². The third kappa shape index (κ3) is 62.6. The number of likely N-dealkylation sites (N-methyl/N-ethyl adjacent to an activating group) is 1. The molecule has 0 radical (unpaired) electrons. The summed E-state index contributed by atoms with van der Waals surface area (Å²) in [6.45, 7) is 4.62. The fourth-order valence-corrected chi connectivity index (χ4v) is 8.26. The molecule has 1 N–H and O–H groups in total. The smallest absolute Gasteiger partial charge is 0.361 e. The van der Waals surface area contributed by atoms with Crippen LogP contribution in [0.4, 0.5) is 0 Å². The second-order valence-corrected chi connectivity index (χ2v) is 22.0. The highest BCUT2D eigenvalue weighted by atomic mass is 16.7. The van der Waals surface area contributed by atoms with Gasteiger partial charge in [0.05, 0.1) is 34.4 Å². The SMILES string of the molecule is CC/C=C\C/C=C\C/C=C\C/C=C\C/C=C\C/C=C\C/C=C\C/C=C\CCCCCCCCCCCCC(=O)OC(COC(=O)CCCCCCCCCC/C=C\C/C=C\C/C=C\C/C=C\CC)COC(OCC[N+](C)(C)C)C(=O)O. The fraction of sp³-hybridized carbons (Fsp3) is 0.625. The van der Waals surface area contributed by atoms with E-state index in [9.17, 15) is 19.5 Å². The zero-order valence-electron chi connectivity index (χ0n) is 52.1. The number of carboxylic acid groups (broad SMARTS) is 1. The number of ether oxygens (including phenoxy) is 4. The number of hydrogen-bond acceptors (Lipinski definition) is 7. The van der Waals surface area contributed by atoms with Crippen molar-refractivity contribution in [2.75, 3.05) is 47.5 Å². The maximum atomic E-state index is 12.9. The molecule has 9 heteroatoms. The summed E-state index contributed by atoms with van der Waals surface area (Å²) in [4.78, 5) is 37.5. The minimum atomic E-state index is -1.52. The Morgan fingerprint density at radius 1 is 0.370 bits per heavy atom. The number of rotatable bonds is 57. The molecular formula is C72H118NO8+. The first-order valence-electron chi connectivity index (χ1n) is 32.0. The van der Waals surface area contributed by atoms with Crippen molar-refractivity contribution in [3.8, 4) is 0 Å². The quantitative estimate of drug-likeness (QED) is 0.0211. The molecule has 9 nitrogen and oxygen atoms in total. The molecule has 0 aliphatic rings. The van der Waals surface area contributed by atoms with Crippen molar-refractivity contribution in [3.05, 3.63) is 146 Å². The Bertz CT molecular complexity index is 1840. The number of carboxylic acids is 1. The van der Waals surface area contributed by atoms with Crippen molar-refractivity contribution in [3.63, 3.8) is 0 Å². The van der Waals surface area contributed by atoms with E-state index in [0.717, 1.165) is 135 Å². The van der Waals surface area contributed by atoms with E-state index < -0.39 is 24.3 Å². The molecular weight excluding hydrogens is 1010 g/mol. The zero-order chi connectivity index (χ0) is 59.1. The average Bonchev–Trinajstić information content (AvgIpc) is 3.44. The van der Waals surface area contributed by atoms with Gasteiger partial charge < -0.3 is 28.5 Å². The van der Waals surface area contributed by atoms with E-state index in [-0.39, 0.29) is 38.6 Å². The summed E-state index contributed by atoms with van der Waals surface area (Å²) in [5.41, 5.74) is 0. The first kappa shape index (κ1) is 76.2. The van der Waals surface area contributed by atoms with Gasteiger partial charge in [0.15, 0.2) is 6.10 Å². The number of unbranched alkanes of at least 4 members (excludes halogenated alkanes) is 18. The van der Waals surface area contributed by atoms with Crippen molar-refractivity contribution in [1.82, 2.24) is 0 Å². The molecule has 458 valence electrons. The molecule has 0 fully saturated rings. The Morgan fingerprint density at radius 3 is 0.988 bits per heavy atom. The fourth-order valence-electron chi connectivity index (χ4n) is 8.26. The number of allylic oxidation sites excluding steroid dienone is 24. The summed E-state index contributed by atoms with van der Waals surface area (Å²) in [6.07, 6.45) is 86.5. The third-order valence-electron chi connectivity index (χ3n) is 13.1. The molecule has 0 heterocycles. The van der Waals surface area contributed by atoms with Gasteiger partial charge in [-0.2, -0.15) is 0 Å². The second-order valence-electron chi connectivity index (χ2n) is 22.0. The molecule has 0 aromatic carbocycles. The Labute approximate surface area is 496 Å². The standard InChI is InChI=1S/C72H117NO8/c1-6-8-10-12-14-16-18-20-22-24-26-28-29-30-31-32-33-34-35-36-37-38-39-40-41-43-45-47-49-51-53-55-57-59-61-63-70(75)81-68(67-80-72(71(76)77)78-65-64-73(3,4)5)66-79-69(74)62-60-58-56-54-52-50-48-46-44-42-27-25-23-21-19-17-15-13-11-9-7-2/h8-11,14-17,20-23,26-28,30-31,33-34,36-37,39-40,42,68,72H,6-7,12-13,18-19,24-25,29,32,35,38,41,43-67H2,1-5H3/p+1/b10-8-,11-9-,16-14-,17-15-,22-20-,23-21-,28-26-,31-30-,34-33-,37-36-,40-39-,42-27-. The van der Waals surface area contributed by atoms with Gasteiger partial charge in [-0.05, 0) is 116 Å². The van der Waals surface area contributed by atoms with Crippen molar-refractivity contribution in [2.45, 2.75) is 245 Å². The van der Waals surface area contributed by atoms with Gasteiger partial charge in [-0.3, -0.25) is 9.59 Å². The molecule has 0 aliphatic heterocycles. The summed E-state index contributed by atoms with van der Waals surface area (Å²) < 4.78 is 22.9. The maximum absolute atomic E-state index is 12.9. The van der Waals surface area contributed by atoms with E-state index in [4.69, 9.17) is 18.9 Å². The van der Waals surface area contributed by atoms with Crippen LogP contribution in [0.5, 0.6) is 0 Å². The molecule has 0 aromatic rings. The zero-order valence-corrected chi connectivity index (χ0v) is 52.1. The van der Waals surface area contributed by atoms with E-state index in [1.807, 2.05) is 21.1 Å². The molecule has 0 aliphatic carbocycles. The van der Waals surface area contributed by atoms with Crippen molar-refractivity contribution < 1.29 is 42.9 Å². The number of aliphatic carboxylic acids is 1. The summed E-state index contributed by atoms with van der Waals surface area (Å²) in [6, 6.07) is 0. The largest absolute Gasteiger partial charge is 0.477 e. The number of nitrogens with zero attached hydrogens (tertiary/aromatic N) is 1. The predicted molar refractivity (Wildman–Crippen MR) is 345 cm³/mol. The lowest BCUT2D eigenvalue weighted by molar-refractivity contribution is -0.870. The molecule has 0 bridgehead atoms. The topological polar surface area (TPSA) is 108 Å². The molecule has 2 unspecified atom stereocenters. The first-order chi connectivity index (χ1) is 39.6. The third-order valence-corrected chi connectivity index (χ3v) is 13.1. The summed E-state index contributed by atoms with van der Waals surface area (Å²) in [5, 5.41) is 9.73. The first-order valence-corrected chi connectivity index (χ1v) is 32.0. The van der Waals surface area contributed by atoms with E-state index in [2.05, 4.69) is 160 Å². The van der Waals surface area contributed by atoms with Gasteiger partial charge in [0.1, 0.15) is 13.2 Å². The Hall–Kier alpha value is -4.83. The lowest BCUT2D eigenvalue weighted by atomic mass is 10.0. The Kier molecular flexibility index (Phi) is 57.6. The van der Waals surface area contributed by atoms with Gasteiger partial charge in [-0.15, -0.1) is 0 Å². The van der Waals surface area contributed by atoms with Gasteiger partial charge >= 0.3 is 17.9 Å². The minimum absolute atomic E-state index is 0.178. The highest BCUT2D eigenvalue weighted by Crippen LogP contribution is 2.15. The molecule has 0 rings (SSSR count). The maximum Gasteiger partial charge on any atom is 0.361 e. The molecule has 0 spiro atoms. The van der Waals surface area contributed by atoms with Crippen LogP contribution in [0.25, 0.3) is 0 Å². The Balaban J connectivity index is 4.22. The van der Waals surface area contributed by atoms with Crippen molar-refractivity contribution in [1.29, 1.82) is 0 Å². The lowest BCUT2D eigenvalue weighted by Crippen LogP contribution is -2.40. The van der Waals surface area contributed by atoms with E-state index >= 15 is 0 Å². The van der Waals surface area contributed by atoms with Crippen molar-refractivity contribution in [2.24, 2.45) is 0 Å². The molecule has 0 saturated carbocycles.